The summed E-state index contributed by atoms with van der Waals surface area (Å²) < 4.78 is 0. The van der Waals surface area contributed by atoms with Gasteiger partial charge in [-0.15, -0.1) is 0 Å². The average molecular weight is 329 g/mol. The molecule has 0 saturated heterocycles. The van der Waals surface area contributed by atoms with Gasteiger partial charge in [-0.2, -0.15) is 0 Å². The molecule has 1 aliphatic heterocycles. The molecule has 2 aliphatic rings. The van der Waals surface area contributed by atoms with E-state index in [-0.39, 0.29) is 17.4 Å². The molecule has 1 saturated carbocycles. The second-order valence-electron chi connectivity index (χ2n) is 8.79. The van der Waals surface area contributed by atoms with Crippen LogP contribution in [0.5, 0.6) is 0 Å². The Bertz CT molecular complexity index is 587. The van der Waals surface area contributed by atoms with E-state index in [4.69, 9.17) is 0 Å². The number of aromatic nitrogens is 1. The lowest BCUT2D eigenvalue weighted by atomic mass is 9.79. The van der Waals surface area contributed by atoms with Gasteiger partial charge in [0.1, 0.15) is 0 Å². The Morgan fingerprint density at radius 2 is 2.04 bits per heavy atom. The lowest BCUT2D eigenvalue weighted by Crippen LogP contribution is -2.47. The molecule has 0 radical (unpaired) electrons. The number of nitrogens with one attached hydrogen (secondary N) is 2. The van der Waals surface area contributed by atoms with Crippen molar-refractivity contribution in [3.8, 4) is 0 Å². The number of carbonyl (C=O) groups excluding carboxylic acids is 1. The summed E-state index contributed by atoms with van der Waals surface area (Å²) in [5, 5.41) is 7.02. The first-order valence-electron chi connectivity index (χ1n) is 9.36. The zero-order chi connectivity index (χ0) is 17.3. The highest BCUT2D eigenvalue weighted by Crippen LogP contribution is 2.42. The number of carbonyl (C=O) groups is 1. The van der Waals surface area contributed by atoms with Crippen molar-refractivity contribution in [1.29, 1.82) is 0 Å². The topological polar surface area (TPSA) is 54.0 Å². The summed E-state index contributed by atoms with van der Waals surface area (Å²) in [5.41, 5.74) is 2.08. The third-order valence-corrected chi connectivity index (χ3v) is 5.46. The van der Waals surface area contributed by atoms with E-state index in [1.165, 1.54) is 25.7 Å². The van der Waals surface area contributed by atoms with Crippen LogP contribution < -0.4 is 10.6 Å². The molecule has 132 valence electrons. The van der Waals surface area contributed by atoms with Crippen molar-refractivity contribution in [2.45, 2.75) is 71.9 Å². The minimum Gasteiger partial charge on any atom is -0.380 e. The molecular formula is C20H31N3O. The van der Waals surface area contributed by atoms with E-state index in [1.54, 1.807) is 0 Å². The molecule has 4 nitrogen and oxygen atoms in total. The van der Waals surface area contributed by atoms with Crippen molar-refractivity contribution in [3.63, 3.8) is 0 Å². The van der Waals surface area contributed by atoms with Crippen molar-refractivity contribution in [3.05, 3.63) is 24.0 Å². The van der Waals surface area contributed by atoms with Gasteiger partial charge in [0.05, 0.1) is 17.4 Å². The molecule has 2 heterocycles. The van der Waals surface area contributed by atoms with Gasteiger partial charge in [0.15, 0.2) is 0 Å². The van der Waals surface area contributed by atoms with Crippen molar-refractivity contribution in [2.24, 2.45) is 17.3 Å². The molecule has 1 amide bonds. The highest BCUT2D eigenvalue weighted by molar-refractivity contribution is 5.77. The highest BCUT2D eigenvalue weighted by Gasteiger charge is 2.40. The monoisotopic (exact) mass is 329 g/mol. The predicted octanol–water partition coefficient (Wildman–Crippen LogP) is 4.30. The second kappa shape index (κ2) is 6.73. The molecule has 4 heteroatoms. The van der Waals surface area contributed by atoms with Crippen molar-refractivity contribution >= 4 is 11.6 Å². The van der Waals surface area contributed by atoms with Gasteiger partial charge in [0, 0.05) is 24.6 Å². The maximum Gasteiger partial charge on any atom is 0.221 e. The number of anilines is 1. The first-order chi connectivity index (χ1) is 11.3. The Balaban J connectivity index is 1.83. The maximum atomic E-state index is 12.6. The van der Waals surface area contributed by atoms with Crippen molar-refractivity contribution in [2.75, 3.05) is 5.32 Å². The molecule has 1 aromatic rings. The van der Waals surface area contributed by atoms with Gasteiger partial charge in [0.25, 0.3) is 0 Å². The standard InChI is InChI=1S/C20H31N3O/c1-13-17(14-8-5-6-9-14)22-15-10-7-11-21-19(15)18(13)23-16(24)12-20(2,3)4/h7,10-11,13-14,17-18,22H,5-6,8-9,12H2,1-4H3,(H,23,24)/t13-,17+,18?/m0/s1. The summed E-state index contributed by atoms with van der Waals surface area (Å²) in [5.74, 6) is 1.18. The lowest BCUT2D eigenvalue weighted by molar-refractivity contribution is -0.124. The smallest absolute Gasteiger partial charge is 0.221 e. The quantitative estimate of drug-likeness (QED) is 0.869. The molecule has 24 heavy (non-hydrogen) atoms. The number of pyridine rings is 1. The molecule has 1 aliphatic carbocycles. The van der Waals surface area contributed by atoms with Crippen LogP contribution in [0.4, 0.5) is 5.69 Å². The van der Waals surface area contributed by atoms with E-state index in [0.717, 1.165) is 11.4 Å². The molecule has 2 N–H and O–H groups in total. The second-order valence-corrected chi connectivity index (χ2v) is 8.79. The van der Waals surface area contributed by atoms with Gasteiger partial charge in [-0.3, -0.25) is 9.78 Å². The highest BCUT2D eigenvalue weighted by atomic mass is 16.1. The first-order valence-corrected chi connectivity index (χ1v) is 9.36. The number of rotatable bonds is 3. The van der Waals surface area contributed by atoms with Gasteiger partial charge in [0.2, 0.25) is 5.91 Å². The summed E-state index contributed by atoms with van der Waals surface area (Å²) in [6, 6.07) is 4.49. The first kappa shape index (κ1) is 17.2. The lowest BCUT2D eigenvalue weighted by Gasteiger charge is -2.41. The van der Waals surface area contributed by atoms with Gasteiger partial charge in [-0.05, 0) is 36.3 Å². The van der Waals surface area contributed by atoms with Crippen LogP contribution in [0.3, 0.4) is 0 Å². The van der Waals surface area contributed by atoms with Crippen molar-refractivity contribution < 1.29 is 4.79 Å². The third kappa shape index (κ3) is 3.73. The summed E-state index contributed by atoms with van der Waals surface area (Å²) in [6.45, 7) is 8.57. The van der Waals surface area contributed by atoms with E-state index < -0.39 is 0 Å². The van der Waals surface area contributed by atoms with Crippen molar-refractivity contribution in [1.82, 2.24) is 10.3 Å². The normalized spacial score (nSPS) is 27.4. The van der Waals surface area contributed by atoms with Crippen LogP contribution in [-0.2, 0) is 4.79 Å². The van der Waals surface area contributed by atoms with Crippen LogP contribution in [-0.4, -0.2) is 16.9 Å². The molecular weight excluding hydrogens is 298 g/mol. The zero-order valence-electron chi connectivity index (χ0n) is 15.4. The van der Waals surface area contributed by atoms with Gasteiger partial charge in [-0.25, -0.2) is 0 Å². The molecule has 0 bridgehead atoms. The molecule has 1 unspecified atom stereocenters. The fourth-order valence-electron chi connectivity index (χ4n) is 4.32. The largest absolute Gasteiger partial charge is 0.380 e. The fraction of sp³-hybridized carbons (Fsp3) is 0.700. The van der Waals surface area contributed by atoms with Crippen LogP contribution >= 0.6 is 0 Å². The Hall–Kier alpha value is -1.58. The van der Waals surface area contributed by atoms with E-state index in [0.29, 0.717) is 24.3 Å². The fourth-order valence-corrected chi connectivity index (χ4v) is 4.32. The zero-order valence-corrected chi connectivity index (χ0v) is 15.4. The molecule has 1 fully saturated rings. The van der Waals surface area contributed by atoms with E-state index >= 15 is 0 Å². The van der Waals surface area contributed by atoms with E-state index in [1.807, 2.05) is 12.3 Å². The van der Waals surface area contributed by atoms with E-state index in [2.05, 4.69) is 49.4 Å². The third-order valence-electron chi connectivity index (χ3n) is 5.46. The van der Waals surface area contributed by atoms with Gasteiger partial charge >= 0.3 is 0 Å². The number of amides is 1. The number of hydrogen-bond acceptors (Lipinski definition) is 3. The Kier molecular flexibility index (Phi) is 4.84. The number of hydrogen-bond donors (Lipinski definition) is 2. The molecule has 3 rings (SSSR count). The summed E-state index contributed by atoms with van der Waals surface area (Å²) in [4.78, 5) is 17.1. The molecule has 1 aromatic heterocycles. The van der Waals surface area contributed by atoms with Crippen LogP contribution in [0, 0.1) is 17.3 Å². The van der Waals surface area contributed by atoms with E-state index in [9.17, 15) is 4.79 Å². The Morgan fingerprint density at radius 1 is 1.33 bits per heavy atom. The van der Waals surface area contributed by atoms with Gasteiger partial charge in [-0.1, -0.05) is 40.5 Å². The minimum atomic E-state index is -0.00195. The summed E-state index contributed by atoms with van der Waals surface area (Å²) >= 11 is 0. The van der Waals surface area contributed by atoms with Gasteiger partial charge < -0.3 is 10.6 Å². The van der Waals surface area contributed by atoms with Crippen LogP contribution in [0.25, 0.3) is 0 Å². The maximum absolute atomic E-state index is 12.6. The minimum absolute atomic E-state index is 0.00195. The molecule has 0 aromatic carbocycles. The molecule has 0 spiro atoms. The SMILES string of the molecule is C[C@@H]1C(NC(=O)CC(C)(C)C)c2ncccc2N[C@H]1C1CCCC1. The summed E-state index contributed by atoms with van der Waals surface area (Å²) in [7, 11) is 0. The number of fused-ring (bicyclic) bond motifs is 1. The van der Waals surface area contributed by atoms with Crippen LogP contribution in [0.1, 0.15) is 71.5 Å². The Labute approximate surface area is 145 Å². The predicted molar refractivity (Wildman–Crippen MR) is 97.7 cm³/mol. The van der Waals surface area contributed by atoms with Crippen LogP contribution in [0.15, 0.2) is 18.3 Å². The Morgan fingerprint density at radius 3 is 2.71 bits per heavy atom. The molecule has 3 atom stereocenters. The number of nitrogens with zero attached hydrogens (tertiary/aromatic N) is 1. The van der Waals surface area contributed by atoms with Crippen LogP contribution in [0.2, 0.25) is 0 Å². The average Bonchev–Trinajstić information content (AvgIpc) is 3.02. The summed E-state index contributed by atoms with van der Waals surface area (Å²) in [6.07, 6.45) is 7.61.